The number of morpholine rings is 1. The number of ether oxygens (including phenoxy) is 2. The fourth-order valence-corrected chi connectivity index (χ4v) is 4.66. The van der Waals surface area contributed by atoms with E-state index in [0.717, 1.165) is 68.2 Å². The maximum atomic E-state index is 9.94. The third-order valence-corrected chi connectivity index (χ3v) is 6.71. The molecule has 3 heterocycles. The maximum absolute atomic E-state index is 9.94. The molecule has 39 heavy (non-hydrogen) atoms. The number of aromatic amines is 1. The van der Waals surface area contributed by atoms with Gasteiger partial charge in [0.2, 0.25) is 0 Å². The van der Waals surface area contributed by atoms with Crippen LogP contribution in [0.1, 0.15) is 62.7 Å². The number of H-pyrrole nitrogens is 1. The largest absolute Gasteiger partial charge is 0.508 e. The van der Waals surface area contributed by atoms with Gasteiger partial charge in [-0.15, -0.1) is 0 Å². The Morgan fingerprint density at radius 1 is 1.05 bits per heavy atom. The molecule has 1 fully saturated rings. The molecule has 5 rings (SSSR count). The lowest BCUT2D eigenvalue weighted by Crippen LogP contribution is -2.38. The van der Waals surface area contributed by atoms with Crippen LogP contribution in [0.4, 0.5) is 0 Å². The number of nitrogens with one attached hydrogen (secondary N) is 1. The topological polar surface area (TPSA) is 83.5 Å². The molecule has 1 atom stereocenters. The number of aromatic nitrogens is 3. The Balaban J connectivity index is 0.000000401. The van der Waals surface area contributed by atoms with Crippen molar-refractivity contribution < 1.29 is 14.6 Å². The highest BCUT2D eigenvalue weighted by Crippen LogP contribution is 2.34. The van der Waals surface area contributed by atoms with Crippen LogP contribution in [0.15, 0.2) is 60.9 Å². The van der Waals surface area contributed by atoms with Gasteiger partial charge in [0.15, 0.2) is 0 Å². The molecule has 7 nitrogen and oxygen atoms in total. The van der Waals surface area contributed by atoms with E-state index >= 15 is 0 Å². The van der Waals surface area contributed by atoms with Crippen LogP contribution < -0.4 is 4.74 Å². The zero-order valence-corrected chi connectivity index (χ0v) is 24.1. The minimum Gasteiger partial charge on any atom is -0.508 e. The molecule has 1 aliphatic heterocycles. The van der Waals surface area contributed by atoms with Crippen LogP contribution in [-0.4, -0.2) is 64.4 Å². The zero-order chi connectivity index (χ0) is 28.0. The van der Waals surface area contributed by atoms with Crippen molar-refractivity contribution in [2.24, 2.45) is 0 Å². The predicted octanol–water partition coefficient (Wildman–Crippen LogP) is 6.50. The number of benzene rings is 2. The molecule has 2 aromatic heterocycles. The number of hydrogen-bond donors (Lipinski definition) is 2. The number of phenols is 1. The average molecular weight is 533 g/mol. The Bertz CT molecular complexity index is 1240. The van der Waals surface area contributed by atoms with Gasteiger partial charge in [-0.1, -0.05) is 46.2 Å². The molecule has 1 saturated heterocycles. The molecule has 0 amide bonds. The van der Waals surface area contributed by atoms with E-state index in [4.69, 9.17) is 9.47 Å². The summed E-state index contributed by atoms with van der Waals surface area (Å²) in [6, 6.07) is 15.8. The van der Waals surface area contributed by atoms with E-state index < -0.39 is 0 Å². The Labute approximate surface area is 233 Å². The first kappa shape index (κ1) is 30.1. The monoisotopic (exact) mass is 532 g/mol. The molecule has 2 N–H and O–H groups in total. The lowest BCUT2D eigenvalue weighted by Gasteiger charge is -2.26. The standard InChI is InChI=1S/C25H32N2O3.C5H6N2.C2H6/c1-3-4-22-23-17-20(28)7-10-24(23)26-25(22)18(2)19-5-8-21(9-6-19)30-16-13-27-11-14-29-15-12-27;1-5-6-3-2-4-7-5;1-2/h5-10,17-18,26,28H,3-4,11-16H2,1-2H3;2-4H,1H3;1-2H3. The van der Waals surface area contributed by atoms with Gasteiger partial charge in [-0.3, -0.25) is 4.90 Å². The molecule has 1 unspecified atom stereocenters. The van der Waals surface area contributed by atoms with E-state index in [2.05, 4.69) is 58.0 Å². The van der Waals surface area contributed by atoms with Gasteiger partial charge in [-0.25, -0.2) is 9.97 Å². The average Bonchev–Trinajstić information content (AvgIpc) is 3.33. The maximum Gasteiger partial charge on any atom is 0.125 e. The van der Waals surface area contributed by atoms with E-state index in [-0.39, 0.29) is 5.92 Å². The van der Waals surface area contributed by atoms with Crippen LogP contribution in [-0.2, 0) is 11.2 Å². The van der Waals surface area contributed by atoms with Crippen molar-refractivity contribution in [1.82, 2.24) is 19.9 Å². The van der Waals surface area contributed by atoms with Gasteiger partial charge in [0.05, 0.1) is 13.2 Å². The van der Waals surface area contributed by atoms with Gasteiger partial charge in [0.1, 0.15) is 23.9 Å². The summed E-state index contributed by atoms with van der Waals surface area (Å²) in [7, 11) is 0. The summed E-state index contributed by atoms with van der Waals surface area (Å²) in [5, 5.41) is 11.1. The quantitative estimate of drug-likeness (QED) is 0.270. The van der Waals surface area contributed by atoms with Crippen molar-refractivity contribution in [3.63, 3.8) is 0 Å². The van der Waals surface area contributed by atoms with Crippen molar-refractivity contribution in [2.45, 2.75) is 53.4 Å². The van der Waals surface area contributed by atoms with Crippen LogP contribution in [0.5, 0.6) is 11.5 Å². The highest BCUT2D eigenvalue weighted by Gasteiger charge is 2.18. The molecule has 0 spiro atoms. The molecule has 210 valence electrons. The van der Waals surface area contributed by atoms with Crippen molar-refractivity contribution in [3.8, 4) is 11.5 Å². The summed E-state index contributed by atoms with van der Waals surface area (Å²) >= 11 is 0. The van der Waals surface area contributed by atoms with E-state index in [1.54, 1.807) is 24.5 Å². The van der Waals surface area contributed by atoms with Crippen LogP contribution in [0.2, 0.25) is 0 Å². The van der Waals surface area contributed by atoms with Crippen LogP contribution >= 0.6 is 0 Å². The number of fused-ring (bicyclic) bond motifs is 1. The molecular weight excluding hydrogens is 488 g/mol. The normalized spacial score (nSPS) is 14.1. The summed E-state index contributed by atoms with van der Waals surface area (Å²) < 4.78 is 11.3. The number of aryl methyl sites for hydroxylation is 2. The fourth-order valence-electron chi connectivity index (χ4n) is 4.66. The summed E-state index contributed by atoms with van der Waals surface area (Å²) in [4.78, 5) is 13.7. The second kappa shape index (κ2) is 15.9. The molecule has 2 aromatic carbocycles. The highest BCUT2D eigenvalue weighted by molar-refractivity contribution is 5.86. The molecule has 0 aliphatic carbocycles. The summed E-state index contributed by atoms with van der Waals surface area (Å²) in [5.41, 5.74) is 4.88. The Kier molecular flexibility index (Phi) is 12.3. The number of phenolic OH excluding ortho intramolecular Hbond substituents is 1. The third kappa shape index (κ3) is 8.80. The Morgan fingerprint density at radius 2 is 1.74 bits per heavy atom. The van der Waals surface area contributed by atoms with E-state index in [9.17, 15) is 5.11 Å². The number of hydrogen-bond acceptors (Lipinski definition) is 6. The predicted molar refractivity (Wildman–Crippen MR) is 159 cm³/mol. The summed E-state index contributed by atoms with van der Waals surface area (Å²) in [5.74, 6) is 2.29. The fraction of sp³-hybridized carbons (Fsp3) is 0.438. The molecular formula is C32H44N4O3. The first-order valence-electron chi connectivity index (χ1n) is 14.1. The van der Waals surface area contributed by atoms with Gasteiger partial charge in [-0.05, 0) is 60.9 Å². The van der Waals surface area contributed by atoms with Crippen molar-refractivity contribution in [1.29, 1.82) is 0 Å². The lowest BCUT2D eigenvalue weighted by atomic mass is 9.93. The van der Waals surface area contributed by atoms with Gasteiger partial charge >= 0.3 is 0 Å². The van der Waals surface area contributed by atoms with E-state index in [1.165, 1.54) is 16.8 Å². The van der Waals surface area contributed by atoms with Gasteiger partial charge in [0.25, 0.3) is 0 Å². The number of nitrogens with zero attached hydrogens (tertiary/aromatic N) is 3. The highest BCUT2D eigenvalue weighted by atomic mass is 16.5. The third-order valence-electron chi connectivity index (χ3n) is 6.71. The molecule has 4 aromatic rings. The smallest absolute Gasteiger partial charge is 0.125 e. The van der Waals surface area contributed by atoms with Crippen molar-refractivity contribution in [2.75, 3.05) is 39.5 Å². The summed E-state index contributed by atoms with van der Waals surface area (Å²) in [6.45, 7) is 15.5. The van der Waals surface area contributed by atoms with Gasteiger partial charge in [-0.2, -0.15) is 0 Å². The van der Waals surface area contributed by atoms with Crippen LogP contribution in [0.3, 0.4) is 0 Å². The number of aromatic hydroxyl groups is 1. The summed E-state index contributed by atoms with van der Waals surface area (Å²) in [6.07, 6.45) is 5.51. The van der Waals surface area contributed by atoms with Crippen molar-refractivity contribution >= 4 is 10.9 Å². The SMILES string of the molecule is CC.CCCc1c(C(C)c2ccc(OCCN3CCOCC3)cc2)[nH]c2ccc(O)cc12.Cc1ncccn1. The zero-order valence-electron chi connectivity index (χ0n) is 24.1. The second-order valence-corrected chi connectivity index (χ2v) is 9.39. The number of rotatable bonds is 8. The molecule has 1 aliphatic rings. The Morgan fingerprint density at radius 3 is 2.36 bits per heavy atom. The van der Waals surface area contributed by atoms with E-state index in [1.807, 2.05) is 32.9 Å². The minimum atomic E-state index is 0.239. The van der Waals surface area contributed by atoms with Crippen molar-refractivity contribution in [3.05, 3.63) is 83.6 Å². The second-order valence-electron chi connectivity index (χ2n) is 9.39. The molecule has 0 bridgehead atoms. The van der Waals surface area contributed by atoms with Gasteiger partial charge in [0, 0.05) is 54.5 Å². The first-order valence-corrected chi connectivity index (χ1v) is 14.1. The lowest BCUT2D eigenvalue weighted by molar-refractivity contribution is 0.0322. The minimum absolute atomic E-state index is 0.239. The van der Waals surface area contributed by atoms with Crippen LogP contribution in [0, 0.1) is 6.92 Å². The Hall–Kier alpha value is -3.42. The molecule has 0 radical (unpaired) electrons. The molecule has 0 saturated carbocycles. The molecule has 7 heteroatoms. The van der Waals surface area contributed by atoms with E-state index in [0.29, 0.717) is 12.4 Å². The first-order chi connectivity index (χ1) is 19.0. The van der Waals surface area contributed by atoms with Crippen LogP contribution in [0.25, 0.3) is 10.9 Å². The van der Waals surface area contributed by atoms with Gasteiger partial charge < -0.3 is 19.6 Å².